The van der Waals surface area contributed by atoms with Gasteiger partial charge in [0.25, 0.3) is 10.0 Å². The van der Waals surface area contributed by atoms with E-state index in [1.807, 2.05) is 49.4 Å². The van der Waals surface area contributed by atoms with Crippen molar-refractivity contribution in [1.82, 2.24) is 10.0 Å². The van der Waals surface area contributed by atoms with E-state index in [9.17, 15) is 13.2 Å². The van der Waals surface area contributed by atoms with Gasteiger partial charge in [-0.25, -0.2) is 8.42 Å². The Morgan fingerprint density at radius 3 is 2.30 bits per heavy atom. The zero-order chi connectivity index (χ0) is 21.1. The van der Waals surface area contributed by atoms with Crippen molar-refractivity contribution in [3.63, 3.8) is 0 Å². The molecule has 3 aromatic rings. The second kappa shape index (κ2) is 8.12. The summed E-state index contributed by atoms with van der Waals surface area (Å²) in [4.78, 5) is 16.7. The molecule has 1 amide bonds. The maximum atomic E-state index is 12.3. The fourth-order valence-corrected chi connectivity index (χ4v) is 4.62. The van der Waals surface area contributed by atoms with E-state index in [1.165, 1.54) is 6.07 Å². The zero-order valence-corrected chi connectivity index (χ0v) is 17.2. The molecule has 1 unspecified atom stereocenters. The number of rotatable bonds is 5. The average Bonchev–Trinajstić information content (AvgIpc) is 3.03. The van der Waals surface area contributed by atoms with Crippen molar-refractivity contribution < 1.29 is 13.2 Å². The summed E-state index contributed by atoms with van der Waals surface area (Å²) in [5.41, 5.74) is 3.70. The van der Waals surface area contributed by atoms with Crippen molar-refractivity contribution in [3.05, 3.63) is 90.0 Å². The molecule has 0 bridgehead atoms. The van der Waals surface area contributed by atoms with Crippen LogP contribution in [0.15, 0.2) is 88.8 Å². The van der Waals surface area contributed by atoms with Crippen LogP contribution < -0.4 is 10.0 Å². The Hall–Kier alpha value is -3.45. The summed E-state index contributed by atoms with van der Waals surface area (Å²) >= 11 is 0. The van der Waals surface area contributed by atoms with Crippen molar-refractivity contribution in [1.29, 1.82) is 0 Å². The van der Waals surface area contributed by atoms with E-state index in [0.717, 1.165) is 16.7 Å². The first-order valence-corrected chi connectivity index (χ1v) is 11.0. The van der Waals surface area contributed by atoms with Gasteiger partial charge in [-0.05, 0) is 35.7 Å². The topological polar surface area (TPSA) is 87.6 Å². The van der Waals surface area contributed by atoms with Gasteiger partial charge in [0, 0.05) is 5.56 Å². The molecular formula is C23H21N3O3S. The predicted molar refractivity (Wildman–Crippen MR) is 117 cm³/mol. The Labute approximate surface area is 175 Å². The van der Waals surface area contributed by atoms with Gasteiger partial charge in [0.1, 0.15) is 12.4 Å². The second-order valence-corrected chi connectivity index (χ2v) is 8.69. The molecule has 2 N–H and O–H groups in total. The standard InChI is InChI=1S/C23H21N3O3S/c1-16(17-11-13-19(14-12-17)18-7-3-2-4-8-18)25-22(27)15-24-23-20-9-5-6-10-21(20)30(28,29)26-23/h2-14,16H,15H2,1H3,(H,24,26)(H,25,27). The van der Waals surface area contributed by atoms with Gasteiger partial charge in [-0.1, -0.05) is 66.7 Å². The molecule has 0 saturated carbocycles. The molecule has 152 valence electrons. The van der Waals surface area contributed by atoms with Gasteiger partial charge in [0.15, 0.2) is 0 Å². The minimum Gasteiger partial charge on any atom is -0.348 e. The first-order valence-electron chi connectivity index (χ1n) is 9.55. The van der Waals surface area contributed by atoms with Crippen molar-refractivity contribution in [3.8, 4) is 11.1 Å². The molecule has 7 heteroatoms. The van der Waals surface area contributed by atoms with E-state index in [0.29, 0.717) is 5.56 Å². The molecule has 1 aliphatic rings. The fraction of sp³-hybridized carbons (Fsp3) is 0.130. The summed E-state index contributed by atoms with van der Waals surface area (Å²) in [5.74, 6) is -0.0914. The van der Waals surface area contributed by atoms with Crippen molar-refractivity contribution in [2.45, 2.75) is 17.9 Å². The summed E-state index contributed by atoms with van der Waals surface area (Å²) in [7, 11) is -3.61. The highest BCUT2D eigenvalue weighted by Gasteiger charge is 2.30. The van der Waals surface area contributed by atoms with E-state index in [4.69, 9.17) is 0 Å². The van der Waals surface area contributed by atoms with Gasteiger partial charge in [-0.2, -0.15) is 0 Å². The number of carbonyl (C=O) groups is 1. The fourth-order valence-electron chi connectivity index (χ4n) is 3.37. The lowest BCUT2D eigenvalue weighted by Crippen LogP contribution is -2.30. The number of hydrogen-bond donors (Lipinski definition) is 2. The Kier molecular flexibility index (Phi) is 5.37. The van der Waals surface area contributed by atoms with Crippen LogP contribution in [0, 0.1) is 0 Å². The summed E-state index contributed by atoms with van der Waals surface area (Å²) in [6.45, 7) is 1.73. The van der Waals surface area contributed by atoms with E-state index >= 15 is 0 Å². The normalized spacial score (nSPS) is 16.5. The smallest absolute Gasteiger partial charge is 0.263 e. The quantitative estimate of drug-likeness (QED) is 0.665. The molecule has 1 aliphatic heterocycles. The number of amides is 1. The van der Waals surface area contributed by atoms with Gasteiger partial charge in [0.05, 0.1) is 10.9 Å². The number of nitrogens with zero attached hydrogens (tertiary/aromatic N) is 1. The lowest BCUT2D eigenvalue weighted by atomic mass is 10.0. The molecule has 0 aliphatic carbocycles. The molecule has 4 rings (SSSR count). The number of carbonyl (C=O) groups excluding carboxylic acids is 1. The molecule has 6 nitrogen and oxygen atoms in total. The van der Waals surface area contributed by atoms with Gasteiger partial charge < -0.3 is 5.32 Å². The third-order valence-corrected chi connectivity index (χ3v) is 6.34. The van der Waals surface area contributed by atoms with Crippen molar-refractivity contribution >= 4 is 21.8 Å². The third kappa shape index (κ3) is 4.11. The highest BCUT2D eigenvalue weighted by molar-refractivity contribution is 7.90. The van der Waals surface area contributed by atoms with E-state index in [1.54, 1.807) is 18.2 Å². The number of sulfonamides is 1. The molecule has 0 radical (unpaired) electrons. The van der Waals surface area contributed by atoms with Crippen LogP contribution >= 0.6 is 0 Å². The Bertz CT molecular complexity index is 1200. The van der Waals surface area contributed by atoms with E-state index in [-0.39, 0.29) is 29.2 Å². The summed E-state index contributed by atoms with van der Waals surface area (Å²) in [6, 6.07) is 24.5. The number of aliphatic imine (C=N–C) groups is 1. The van der Waals surface area contributed by atoms with Crippen LogP contribution in [0.25, 0.3) is 11.1 Å². The zero-order valence-electron chi connectivity index (χ0n) is 16.4. The molecule has 0 spiro atoms. The molecule has 3 aromatic carbocycles. The first kappa shape index (κ1) is 19.8. The van der Waals surface area contributed by atoms with Crippen LogP contribution in [0.4, 0.5) is 0 Å². The highest BCUT2D eigenvalue weighted by Crippen LogP contribution is 2.23. The number of hydrogen-bond acceptors (Lipinski definition) is 4. The van der Waals surface area contributed by atoms with E-state index < -0.39 is 10.0 Å². The van der Waals surface area contributed by atoms with Crippen LogP contribution in [-0.2, 0) is 14.8 Å². The lowest BCUT2D eigenvalue weighted by molar-refractivity contribution is -0.120. The highest BCUT2D eigenvalue weighted by atomic mass is 32.2. The summed E-state index contributed by atoms with van der Waals surface area (Å²) < 4.78 is 26.6. The van der Waals surface area contributed by atoms with Crippen LogP contribution in [0.1, 0.15) is 24.1 Å². The number of benzene rings is 3. The maximum Gasteiger partial charge on any atom is 0.263 e. The number of nitrogens with one attached hydrogen (secondary N) is 2. The molecule has 1 heterocycles. The minimum absolute atomic E-state index is 0.168. The van der Waals surface area contributed by atoms with Gasteiger partial charge >= 0.3 is 0 Å². The number of fused-ring (bicyclic) bond motifs is 1. The largest absolute Gasteiger partial charge is 0.348 e. The maximum absolute atomic E-state index is 12.3. The predicted octanol–water partition coefficient (Wildman–Crippen LogP) is 3.27. The van der Waals surface area contributed by atoms with Gasteiger partial charge in [-0.15, -0.1) is 0 Å². The van der Waals surface area contributed by atoms with Crippen molar-refractivity contribution in [2.24, 2.45) is 4.99 Å². The molecule has 0 fully saturated rings. The Balaban J connectivity index is 1.41. The summed E-state index contributed by atoms with van der Waals surface area (Å²) in [6.07, 6.45) is 0. The minimum atomic E-state index is -3.61. The van der Waals surface area contributed by atoms with Crippen LogP contribution in [0.2, 0.25) is 0 Å². The Morgan fingerprint density at radius 1 is 0.933 bits per heavy atom. The molecule has 30 heavy (non-hydrogen) atoms. The van der Waals surface area contributed by atoms with Crippen LogP contribution in [0.3, 0.4) is 0 Å². The average molecular weight is 420 g/mol. The molecule has 1 atom stereocenters. The van der Waals surface area contributed by atoms with E-state index in [2.05, 4.69) is 27.2 Å². The lowest BCUT2D eigenvalue weighted by Gasteiger charge is -2.14. The van der Waals surface area contributed by atoms with Crippen LogP contribution in [-0.4, -0.2) is 26.7 Å². The molecule has 0 aromatic heterocycles. The monoisotopic (exact) mass is 419 g/mol. The second-order valence-electron chi connectivity index (χ2n) is 7.04. The van der Waals surface area contributed by atoms with Gasteiger partial charge in [0.2, 0.25) is 5.91 Å². The Morgan fingerprint density at radius 2 is 1.57 bits per heavy atom. The molecule has 0 saturated heterocycles. The van der Waals surface area contributed by atoms with Gasteiger partial charge in [-0.3, -0.25) is 14.5 Å². The first-order chi connectivity index (χ1) is 14.4. The van der Waals surface area contributed by atoms with Crippen molar-refractivity contribution in [2.75, 3.05) is 6.54 Å². The molecular weight excluding hydrogens is 398 g/mol. The van der Waals surface area contributed by atoms with Crippen LogP contribution in [0.5, 0.6) is 0 Å². The number of amidine groups is 1. The summed E-state index contributed by atoms with van der Waals surface area (Å²) in [5, 5.41) is 2.90. The SMILES string of the molecule is CC(NC(=O)CN=C1NS(=O)(=O)c2ccccc21)c1ccc(-c2ccccc2)cc1. The third-order valence-electron chi connectivity index (χ3n) is 4.94.